The maximum absolute atomic E-state index is 9.38. The van der Waals surface area contributed by atoms with E-state index < -0.39 is 0 Å². The minimum Gasteiger partial charge on any atom is -0.508 e. The Bertz CT molecular complexity index is 526. The topological polar surface area (TPSA) is 45.0 Å². The Morgan fingerprint density at radius 1 is 1.33 bits per heavy atom. The molecule has 2 aliphatic rings. The molecular weight excluding hydrogens is 188 g/mol. The molecule has 0 aromatic heterocycles. The lowest BCUT2D eigenvalue weighted by Crippen LogP contribution is -2.17. The molecule has 2 aliphatic heterocycles. The Hall–Kier alpha value is -1.90. The van der Waals surface area contributed by atoms with Gasteiger partial charge < -0.3 is 5.11 Å². The summed E-state index contributed by atoms with van der Waals surface area (Å²) in [5.41, 5.74) is 3.96. The standard InChI is InChI=1S/C12H10N2O/c1-7-12-10(4-5-13-7)9-3-2-8(15)6-11(9)14-12/h2-6,10,15H,1H3. The van der Waals surface area contributed by atoms with E-state index in [4.69, 9.17) is 0 Å². The molecule has 0 fully saturated rings. The number of hydrogen-bond donors (Lipinski definition) is 1. The number of aromatic hydroxyl groups is 1. The lowest BCUT2D eigenvalue weighted by Gasteiger charge is -2.12. The first-order valence-corrected chi connectivity index (χ1v) is 4.88. The van der Waals surface area contributed by atoms with Crippen molar-refractivity contribution in [2.45, 2.75) is 12.8 Å². The first-order valence-electron chi connectivity index (χ1n) is 4.88. The van der Waals surface area contributed by atoms with Crippen LogP contribution in [-0.4, -0.2) is 16.5 Å². The van der Waals surface area contributed by atoms with Crippen molar-refractivity contribution in [3.63, 3.8) is 0 Å². The molecule has 1 aromatic carbocycles. The van der Waals surface area contributed by atoms with E-state index in [2.05, 4.69) is 9.98 Å². The smallest absolute Gasteiger partial charge is 0.117 e. The minimum absolute atomic E-state index is 0.220. The third-order valence-electron chi connectivity index (χ3n) is 2.80. The van der Waals surface area contributed by atoms with Crippen LogP contribution < -0.4 is 0 Å². The number of allylic oxidation sites excluding steroid dienone is 1. The average Bonchev–Trinajstić information content (AvgIpc) is 2.57. The van der Waals surface area contributed by atoms with Crippen LogP contribution in [0.2, 0.25) is 0 Å². The number of fused-ring (bicyclic) bond motifs is 3. The molecule has 1 aromatic rings. The Labute approximate surface area is 87.5 Å². The molecule has 0 aliphatic carbocycles. The summed E-state index contributed by atoms with van der Waals surface area (Å²) in [5.74, 6) is 0.480. The fourth-order valence-electron chi connectivity index (χ4n) is 2.05. The van der Waals surface area contributed by atoms with Crippen LogP contribution in [0.5, 0.6) is 5.75 Å². The van der Waals surface area contributed by atoms with Crippen LogP contribution in [0.1, 0.15) is 18.4 Å². The van der Waals surface area contributed by atoms with Gasteiger partial charge in [0.25, 0.3) is 0 Å². The number of nitrogens with zero attached hydrogens (tertiary/aromatic N) is 2. The molecular formula is C12H10N2O. The number of aliphatic imine (C=N–C) groups is 2. The first-order chi connectivity index (χ1) is 7.25. The van der Waals surface area contributed by atoms with Crippen molar-refractivity contribution in [1.82, 2.24) is 0 Å². The van der Waals surface area contributed by atoms with E-state index in [1.165, 1.54) is 0 Å². The van der Waals surface area contributed by atoms with Gasteiger partial charge in [-0.3, -0.25) is 9.98 Å². The van der Waals surface area contributed by atoms with Crippen LogP contribution in [0.3, 0.4) is 0 Å². The van der Waals surface area contributed by atoms with E-state index >= 15 is 0 Å². The molecule has 15 heavy (non-hydrogen) atoms. The van der Waals surface area contributed by atoms with E-state index in [-0.39, 0.29) is 11.7 Å². The zero-order valence-electron chi connectivity index (χ0n) is 8.31. The van der Waals surface area contributed by atoms with Gasteiger partial charge in [-0.2, -0.15) is 0 Å². The predicted molar refractivity (Wildman–Crippen MR) is 60.2 cm³/mol. The highest BCUT2D eigenvalue weighted by molar-refractivity contribution is 6.46. The summed E-state index contributed by atoms with van der Waals surface area (Å²) in [4.78, 5) is 8.71. The predicted octanol–water partition coefficient (Wildman–Crippen LogP) is 2.55. The van der Waals surface area contributed by atoms with Crippen LogP contribution in [0, 0.1) is 0 Å². The van der Waals surface area contributed by atoms with Crippen molar-refractivity contribution in [2.75, 3.05) is 0 Å². The van der Waals surface area contributed by atoms with E-state index in [9.17, 15) is 5.11 Å². The molecule has 3 rings (SSSR count). The van der Waals surface area contributed by atoms with Gasteiger partial charge in [-0.1, -0.05) is 12.1 Å². The van der Waals surface area contributed by atoms with Crippen LogP contribution in [0.25, 0.3) is 0 Å². The zero-order chi connectivity index (χ0) is 10.4. The molecule has 74 valence electrons. The van der Waals surface area contributed by atoms with Gasteiger partial charge >= 0.3 is 0 Å². The fraction of sp³-hybridized carbons (Fsp3) is 0.167. The molecule has 1 unspecified atom stereocenters. The van der Waals surface area contributed by atoms with E-state index in [0.29, 0.717) is 0 Å². The van der Waals surface area contributed by atoms with E-state index in [1.807, 2.05) is 25.3 Å². The summed E-state index contributed by atoms with van der Waals surface area (Å²) < 4.78 is 0. The maximum Gasteiger partial charge on any atom is 0.117 e. The van der Waals surface area contributed by atoms with Crippen molar-refractivity contribution in [3.8, 4) is 5.75 Å². The highest BCUT2D eigenvalue weighted by Gasteiger charge is 2.28. The van der Waals surface area contributed by atoms with Gasteiger partial charge in [0.05, 0.1) is 23.0 Å². The summed E-state index contributed by atoms with van der Waals surface area (Å²) in [7, 11) is 0. The molecule has 0 saturated heterocycles. The number of phenolic OH excluding ortho intramolecular Hbond substituents is 1. The molecule has 0 saturated carbocycles. The molecule has 1 N–H and O–H groups in total. The highest BCUT2D eigenvalue weighted by atomic mass is 16.3. The molecule has 1 atom stereocenters. The maximum atomic E-state index is 9.38. The molecule has 0 radical (unpaired) electrons. The van der Waals surface area contributed by atoms with Crippen molar-refractivity contribution in [3.05, 3.63) is 36.0 Å². The van der Waals surface area contributed by atoms with E-state index in [1.54, 1.807) is 12.1 Å². The van der Waals surface area contributed by atoms with Gasteiger partial charge in [-0.15, -0.1) is 0 Å². The third-order valence-corrected chi connectivity index (χ3v) is 2.80. The lowest BCUT2D eigenvalue weighted by atomic mass is 9.92. The summed E-state index contributed by atoms with van der Waals surface area (Å²) in [6, 6.07) is 5.32. The normalized spacial score (nSPS) is 21.8. The van der Waals surface area contributed by atoms with Gasteiger partial charge in [-0.05, 0) is 18.6 Å². The first kappa shape index (κ1) is 8.41. The number of rotatable bonds is 0. The molecule has 0 amide bonds. The van der Waals surface area contributed by atoms with Gasteiger partial charge in [0, 0.05) is 12.3 Å². The molecule has 2 heterocycles. The highest BCUT2D eigenvalue weighted by Crippen LogP contribution is 2.39. The molecule has 3 heteroatoms. The second-order valence-corrected chi connectivity index (χ2v) is 3.77. The number of hydrogen-bond acceptors (Lipinski definition) is 3. The van der Waals surface area contributed by atoms with Crippen molar-refractivity contribution in [2.24, 2.45) is 9.98 Å². The van der Waals surface area contributed by atoms with Crippen molar-refractivity contribution >= 4 is 17.1 Å². The van der Waals surface area contributed by atoms with Crippen LogP contribution in [0.15, 0.2) is 40.5 Å². The van der Waals surface area contributed by atoms with Crippen LogP contribution in [0.4, 0.5) is 5.69 Å². The van der Waals surface area contributed by atoms with Gasteiger partial charge in [-0.25, -0.2) is 0 Å². The molecule has 3 nitrogen and oxygen atoms in total. The minimum atomic E-state index is 0.220. The van der Waals surface area contributed by atoms with Crippen molar-refractivity contribution in [1.29, 1.82) is 0 Å². The summed E-state index contributed by atoms with van der Waals surface area (Å²) in [6.07, 6.45) is 3.86. The monoisotopic (exact) mass is 198 g/mol. The molecule has 0 bridgehead atoms. The largest absolute Gasteiger partial charge is 0.508 e. The zero-order valence-corrected chi connectivity index (χ0v) is 8.31. The Morgan fingerprint density at radius 2 is 2.20 bits per heavy atom. The van der Waals surface area contributed by atoms with Crippen LogP contribution >= 0.6 is 0 Å². The Morgan fingerprint density at radius 3 is 3.07 bits per heavy atom. The summed E-state index contributed by atoms with van der Waals surface area (Å²) >= 11 is 0. The van der Waals surface area contributed by atoms with Gasteiger partial charge in [0.1, 0.15) is 5.75 Å². The SMILES string of the molecule is CC1=NC=CC2C1=Nc1cc(O)ccc12. The second kappa shape index (κ2) is 2.79. The van der Waals surface area contributed by atoms with Crippen LogP contribution in [-0.2, 0) is 0 Å². The summed E-state index contributed by atoms with van der Waals surface area (Å²) in [5, 5.41) is 9.38. The fourth-order valence-corrected chi connectivity index (χ4v) is 2.05. The quantitative estimate of drug-likeness (QED) is 0.684. The number of benzene rings is 1. The van der Waals surface area contributed by atoms with Gasteiger partial charge in [0.2, 0.25) is 0 Å². The Kier molecular flexibility index (Phi) is 1.57. The van der Waals surface area contributed by atoms with E-state index in [0.717, 1.165) is 22.7 Å². The average molecular weight is 198 g/mol. The Balaban J connectivity index is 2.20. The van der Waals surface area contributed by atoms with Crippen molar-refractivity contribution < 1.29 is 5.11 Å². The lowest BCUT2D eigenvalue weighted by molar-refractivity contribution is 0.475. The second-order valence-electron chi connectivity index (χ2n) is 3.77. The molecule has 0 spiro atoms. The third kappa shape index (κ3) is 1.13. The number of phenols is 1. The summed E-state index contributed by atoms with van der Waals surface area (Å²) in [6.45, 7) is 1.96. The van der Waals surface area contributed by atoms with Gasteiger partial charge in [0.15, 0.2) is 0 Å².